The van der Waals surface area contributed by atoms with Gasteiger partial charge in [-0.25, -0.2) is 4.79 Å². The molecular formula is C19H25NO3. The molecule has 0 amide bonds. The maximum atomic E-state index is 12.0. The van der Waals surface area contributed by atoms with Crippen LogP contribution in [0.2, 0.25) is 0 Å². The van der Waals surface area contributed by atoms with Crippen molar-refractivity contribution in [3.63, 3.8) is 0 Å². The highest BCUT2D eigenvalue weighted by atomic mass is 16.7. The summed E-state index contributed by atoms with van der Waals surface area (Å²) in [5.41, 5.74) is 1.47. The Labute approximate surface area is 137 Å². The normalized spacial score (nSPS) is 35.4. The maximum Gasteiger partial charge on any atom is 0.508 e. The van der Waals surface area contributed by atoms with Crippen molar-refractivity contribution < 1.29 is 14.3 Å². The van der Waals surface area contributed by atoms with Crippen LogP contribution < -0.4 is 5.32 Å². The van der Waals surface area contributed by atoms with Gasteiger partial charge in [-0.1, -0.05) is 30.3 Å². The third-order valence-electron chi connectivity index (χ3n) is 6.19. The quantitative estimate of drug-likeness (QED) is 0.867. The van der Waals surface area contributed by atoms with E-state index in [4.69, 9.17) is 9.47 Å². The molecule has 1 aromatic carbocycles. The van der Waals surface area contributed by atoms with E-state index in [1.165, 1.54) is 25.7 Å². The van der Waals surface area contributed by atoms with Crippen LogP contribution in [0.5, 0.6) is 0 Å². The smallest absolute Gasteiger partial charge is 0.431 e. The summed E-state index contributed by atoms with van der Waals surface area (Å²) in [5.74, 6) is 1.22. The van der Waals surface area contributed by atoms with Crippen LogP contribution >= 0.6 is 0 Å². The largest absolute Gasteiger partial charge is 0.508 e. The number of fused-ring (bicyclic) bond motifs is 2. The van der Waals surface area contributed by atoms with E-state index < -0.39 is 6.16 Å². The monoisotopic (exact) mass is 315 g/mol. The minimum absolute atomic E-state index is 0.0586. The van der Waals surface area contributed by atoms with Crippen molar-refractivity contribution in [3.05, 3.63) is 35.9 Å². The molecule has 4 heteroatoms. The van der Waals surface area contributed by atoms with Crippen LogP contribution in [0.1, 0.15) is 37.7 Å². The first-order chi connectivity index (χ1) is 11.3. The predicted octanol–water partition coefficient (Wildman–Crippen LogP) is 3.51. The molecule has 0 aromatic heterocycles. The second-order valence-corrected chi connectivity index (χ2v) is 7.44. The highest BCUT2D eigenvalue weighted by Crippen LogP contribution is 2.55. The first-order valence-corrected chi connectivity index (χ1v) is 8.83. The summed E-state index contributed by atoms with van der Waals surface area (Å²) >= 11 is 0. The van der Waals surface area contributed by atoms with Crippen molar-refractivity contribution in [2.24, 2.45) is 17.3 Å². The molecule has 4 aliphatic rings. The third-order valence-corrected chi connectivity index (χ3v) is 6.19. The van der Waals surface area contributed by atoms with Gasteiger partial charge in [-0.05, 0) is 61.5 Å². The maximum absolute atomic E-state index is 12.0. The van der Waals surface area contributed by atoms with Gasteiger partial charge in [0.1, 0.15) is 12.7 Å². The van der Waals surface area contributed by atoms with Crippen LogP contribution in [-0.2, 0) is 16.1 Å². The molecule has 4 fully saturated rings. The van der Waals surface area contributed by atoms with Gasteiger partial charge in [0.05, 0.1) is 0 Å². The van der Waals surface area contributed by atoms with E-state index in [0.717, 1.165) is 25.1 Å². The van der Waals surface area contributed by atoms with Crippen molar-refractivity contribution in [2.45, 2.75) is 44.8 Å². The van der Waals surface area contributed by atoms with Gasteiger partial charge < -0.3 is 14.8 Å². The average Bonchev–Trinajstić information content (AvgIpc) is 3.04. The molecule has 1 saturated heterocycles. The SMILES string of the molecule is O=C(OCc1ccccc1)OC1CC2CCC1CC21CCNC1. The van der Waals surface area contributed by atoms with Crippen molar-refractivity contribution in [3.8, 4) is 0 Å². The predicted molar refractivity (Wildman–Crippen MR) is 86.9 cm³/mol. The zero-order valence-electron chi connectivity index (χ0n) is 13.5. The number of carbonyl (C=O) groups excluding carboxylic acids is 1. The van der Waals surface area contributed by atoms with Gasteiger partial charge in [0.15, 0.2) is 0 Å². The molecule has 3 saturated carbocycles. The Kier molecular flexibility index (Phi) is 4.02. The fourth-order valence-electron chi connectivity index (χ4n) is 4.97. The molecule has 23 heavy (non-hydrogen) atoms. The standard InChI is InChI=1S/C19H25NO3/c21-18(22-12-14-4-2-1-3-5-14)23-17-10-16-7-6-15(17)11-19(16)8-9-20-13-19/h1-5,15-17,20H,6-13H2. The van der Waals surface area contributed by atoms with E-state index in [-0.39, 0.29) is 12.7 Å². The number of carbonyl (C=O) groups is 1. The van der Waals surface area contributed by atoms with Gasteiger partial charge in [0.2, 0.25) is 0 Å². The number of hydrogen-bond acceptors (Lipinski definition) is 4. The van der Waals surface area contributed by atoms with Crippen LogP contribution in [0.3, 0.4) is 0 Å². The molecule has 4 atom stereocenters. The first-order valence-electron chi connectivity index (χ1n) is 8.83. The zero-order valence-corrected chi connectivity index (χ0v) is 13.5. The van der Waals surface area contributed by atoms with Gasteiger partial charge in [0, 0.05) is 6.54 Å². The highest BCUT2D eigenvalue weighted by molar-refractivity contribution is 5.60. The van der Waals surface area contributed by atoms with Gasteiger partial charge in [-0.3, -0.25) is 0 Å². The minimum atomic E-state index is -0.509. The minimum Gasteiger partial charge on any atom is -0.431 e. The number of rotatable bonds is 3. The Balaban J connectivity index is 1.31. The molecule has 3 aliphatic carbocycles. The number of benzene rings is 1. The molecular weight excluding hydrogens is 290 g/mol. The van der Waals surface area contributed by atoms with Crippen molar-refractivity contribution in [2.75, 3.05) is 13.1 Å². The molecule has 1 aromatic rings. The molecule has 5 rings (SSSR count). The van der Waals surface area contributed by atoms with Crippen molar-refractivity contribution in [1.29, 1.82) is 0 Å². The van der Waals surface area contributed by atoms with Crippen LogP contribution in [0.25, 0.3) is 0 Å². The summed E-state index contributed by atoms with van der Waals surface area (Å²) < 4.78 is 11.0. The Morgan fingerprint density at radius 3 is 2.83 bits per heavy atom. The molecule has 1 N–H and O–H groups in total. The van der Waals surface area contributed by atoms with E-state index in [9.17, 15) is 4.79 Å². The second-order valence-electron chi connectivity index (χ2n) is 7.44. The van der Waals surface area contributed by atoms with E-state index in [1.807, 2.05) is 30.3 Å². The molecule has 124 valence electrons. The van der Waals surface area contributed by atoms with E-state index in [1.54, 1.807) is 0 Å². The molecule has 0 radical (unpaired) electrons. The van der Waals surface area contributed by atoms with E-state index in [0.29, 0.717) is 17.3 Å². The average molecular weight is 315 g/mol. The van der Waals surface area contributed by atoms with Gasteiger partial charge >= 0.3 is 6.16 Å². The first kappa shape index (κ1) is 15.0. The number of ether oxygens (including phenoxy) is 2. The lowest BCUT2D eigenvalue weighted by Crippen LogP contribution is -2.50. The van der Waals surface area contributed by atoms with Crippen molar-refractivity contribution >= 4 is 6.16 Å². The van der Waals surface area contributed by atoms with Crippen molar-refractivity contribution in [1.82, 2.24) is 5.32 Å². The third kappa shape index (κ3) is 2.97. The van der Waals surface area contributed by atoms with E-state index in [2.05, 4.69) is 5.32 Å². The van der Waals surface area contributed by atoms with Crippen LogP contribution in [0.4, 0.5) is 4.79 Å². The Hall–Kier alpha value is -1.55. The molecule has 1 aliphatic heterocycles. The second kappa shape index (κ2) is 6.16. The van der Waals surface area contributed by atoms with E-state index >= 15 is 0 Å². The lowest BCUT2D eigenvalue weighted by Gasteiger charge is -2.52. The highest BCUT2D eigenvalue weighted by Gasteiger charge is 2.53. The summed E-state index contributed by atoms with van der Waals surface area (Å²) in [7, 11) is 0. The molecule has 1 spiro atoms. The summed E-state index contributed by atoms with van der Waals surface area (Å²) in [5, 5.41) is 3.53. The lowest BCUT2D eigenvalue weighted by atomic mass is 9.54. The summed E-state index contributed by atoms with van der Waals surface area (Å²) in [4.78, 5) is 12.0. The van der Waals surface area contributed by atoms with Gasteiger partial charge in [-0.2, -0.15) is 0 Å². The Morgan fingerprint density at radius 1 is 1.26 bits per heavy atom. The fourth-order valence-corrected chi connectivity index (χ4v) is 4.97. The van der Waals surface area contributed by atoms with Gasteiger partial charge in [-0.15, -0.1) is 0 Å². The Morgan fingerprint density at radius 2 is 2.13 bits per heavy atom. The molecule has 2 bridgehead atoms. The molecule has 4 unspecified atom stereocenters. The van der Waals surface area contributed by atoms with Crippen LogP contribution in [-0.4, -0.2) is 25.3 Å². The van der Waals surface area contributed by atoms with Gasteiger partial charge in [0.25, 0.3) is 0 Å². The van der Waals surface area contributed by atoms with Crippen LogP contribution in [0, 0.1) is 17.3 Å². The molecule has 4 nitrogen and oxygen atoms in total. The topological polar surface area (TPSA) is 47.6 Å². The van der Waals surface area contributed by atoms with Crippen LogP contribution in [0.15, 0.2) is 30.3 Å². The lowest BCUT2D eigenvalue weighted by molar-refractivity contribution is -0.0939. The Bertz CT molecular complexity index is 553. The molecule has 1 heterocycles. The fraction of sp³-hybridized carbons (Fsp3) is 0.632. The summed E-state index contributed by atoms with van der Waals surface area (Å²) in [6, 6.07) is 9.74. The number of hydrogen-bond donors (Lipinski definition) is 1. The summed E-state index contributed by atoms with van der Waals surface area (Å²) in [6.45, 7) is 2.58. The summed E-state index contributed by atoms with van der Waals surface area (Å²) in [6.07, 6.45) is 5.56. The number of nitrogens with one attached hydrogen (secondary N) is 1. The zero-order chi connectivity index (χ0) is 15.7.